The van der Waals surface area contributed by atoms with Crippen molar-refractivity contribution in [2.45, 2.75) is 450 Å². The molecule has 1 amide bonds. The third-order valence-electron chi connectivity index (χ3n) is 19.4. The molecular weight excluding hydrogens is 1150 g/mol. The lowest BCUT2D eigenvalue weighted by Crippen LogP contribution is -2.46. The summed E-state index contributed by atoms with van der Waals surface area (Å²) in [6.07, 6.45) is 100. The first-order valence-electron chi connectivity index (χ1n) is 41.4. The summed E-state index contributed by atoms with van der Waals surface area (Å²) in [4.78, 5) is 23.5. The number of aliphatic hydroxyl groups excluding tert-OH is 1. The number of hydrogen-bond donors (Lipinski definition) is 3. The normalized spacial score (nSPS) is 13.6. The average Bonchev–Trinajstić information content (AvgIpc) is 2.63. The smallest absolute Gasteiger partial charge is 0.391 e. The van der Waals surface area contributed by atoms with Crippen LogP contribution in [-0.4, -0.2) is 73.4 Å². The Kier molecular flexibility index (Phi) is 72.9. The minimum absolute atomic E-state index is 0.0778. The predicted octanol–water partition coefficient (Wildman–Crippen LogP) is 27.1. The highest BCUT2D eigenvalue weighted by molar-refractivity contribution is 7.47. The molecular formula is C83H164N2O6P+. The van der Waals surface area contributed by atoms with Crippen molar-refractivity contribution >= 4 is 13.7 Å². The lowest BCUT2D eigenvalue weighted by molar-refractivity contribution is -0.870. The third-order valence-corrected chi connectivity index (χ3v) is 20.4. The van der Waals surface area contributed by atoms with Gasteiger partial charge in [0.2, 0.25) is 5.91 Å². The molecule has 3 atom stereocenters. The molecule has 0 spiro atoms. The molecule has 0 radical (unpaired) electrons. The number of phosphoric ester groups is 1. The second kappa shape index (κ2) is 74.0. The Bertz CT molecular complexity index is 1600. The summed E-state index contributed by atoms with van der Waals surface area (Å²) in [5.74, 6) is -0.134. The molecule has 0 aliphatic rings. The zero-order chi connectivity index (χ0) is 66.9. The van der Waals surface area contributed by atoms with E-state index < -0.39 is 20.0 Å². The predicted molar refractivity (Wildman–Crippen MR) is 406 cm³/mol. The van der Waals surface area contributed by atoms with Crippen molar-refractivity contribution in [2.24, 2.45) is 0 Å². The first kappa shape index (κ1) is 90.7. The third kappa shape index (κ3) is 76.1. The quantitative estimate of drug-likeness (QED) is 0.0243. The molecule has 3 N–H and O–H groups in total. The van der Waals surface area contributed by atoms with Crippen molar-refractivity contribution in [3.05, 3.63) is 36.5 Å². The molecule has 92 heavy (non-hydrogen) atoms. The van der Waals surface area contributed by atoms with Gasteiger partial charge in [-0.25, -0.2) is 4.57 Å². The number of rotatable bonds is 78. The van der Waals surface area contributed by atoms with E-state index in [0.29, 0.717) is 23.9 Å². The highest BCUT2D eigenvalue weighted by atomic mass is 31.2. The fraction of sp³-hybridized carbons (Fsp3) is 0.916. The summed E-state index contributed by atoms with van der Waals surface area (Å²) < 4.78 is 24.0. The molecule has 0 aliphatic heterocycles. The van der Waals surface area contributed by atoms with Crippen molar-refractivity contribution < 1.29 is 32.9 Å². The van der Waals surface area contributed by atoms with E-state index in [2.05, 4.69) is 55.6 Å². The van der Waals surface area contributed by atoms with Crippen LogP contribution in [0.3, 0.4) is 0 Å². The number of unbranched alkanes of at least 4 members (excludes halogenated alkanes) is 59. The maximum Gasteiger partial charge on any atom is 0.472 e. The Labute approximate surface area is 576 Å². The van der Waals surface area contributed by atoms with Gasteiger partial charge in [-0.3, -0.25) is 13.8 Å². The van der Waals surface area contributed by atoms with Crippen molar-refractivity contribution in [3.63, 3.8) is 0 Å². The minimum atomic E-state index is -4.33. The van der Waals surface area contributed by atoms with Gasteiger partial charge in [0, 0.05) is 6.42 Å². The van der Waals surface area contributed by atoms with E-state index in [1.165, 1.54) is 360 Å². The maximum atomic E-state index is 13.1. The SMILES string of the molecule is CCCCCCC/C=C\C/C=C\C/C=C\CCCCCCCCCCCCCCCCCCCCCCCCCCCCC(=O)NC(COP(=O)(O)OCC[N+](C)(C)C)C(O)CCCCCCCCCCCCCCCCCCCCCCCCCCCCCCC. The van der Waals surface area contributed by atoms with E-state index in [4.69, 9.17) is 9.05 Å². The standard InChI is InChI=1S/C83H163N2O6P/c1-6-8-10-12-14-16-18-20-22-24-26-28-30-32-34-36-37-38-39-40-41-42-43-44-45-46-47-49-51-53-55-57-59-61-63-65-67-69-71-73-75-77-83(87)84-81(80-91-92(88,89)90-79-78-85(3,4)5)82(86)76-74-72-70-68-66-64-62-60-58-56-54-52-50-48-35-33-31-29-27-25-23-21-19-17-15-13-11-9-7-2/h18,20,24,26,30,32,81-82,86H,6-17,19,21-23,25,27-29,31,33-80H2,1-5H3,(H-,84,87,88,89)/p+1/b20-18-,26-24-,32-30-. The monoisotopic (exact) mass is 1320 g/mol. The van der Waals surface area contributed by atoms with E-state index in [9.17, 15) is 19.4 Å². The number of carbonyl (C=O) groups excluding carboxylic acids is 1. The highest BCUT2D eigenvalue weighted by Gasteiger charge is 2.28. The van der Waals surface area contributed by atoms with E-state index in [1.807, 2.05) is 21.1 Å². The van der Waals surface area contributed by atoms with Crippen LogP contribution in [0, 0.1) is 0 Å². The van der Waals surface area contributed by atoms with Gasteiger partial charge in [-0.05, 0) is 51.4 Å². The van der Waals surface area contributed by atoms with Crippen LogP contribution >= 0.6 is 7.82 Å². The molecule has 0 aromatic heterocycles. The first-order valence-corrected chi connectivity index (χ1v) is 42.8. The van der Waals surface area contributed by atoms with Gasteiger partial charge in [0.15, 0.2) is 0 Å². The fourth-order valence-corrected chi connectivity index (χ4v) is 13.7. The van der Waals surface area contributed by atoms with E-state index >= 15 is 0 Å². The van der Waals surface area contributed by atoms with Gasteiger partial charge in [0.05, 0.1) is 39.9 Å². The van der Waals surface area contributed by atoms with E-state index in [-0.39, 0.29) is 19.1 Å². The molecule has 0 aromatic carbocycles. The molecule has 0 bridgehead atoms. The molecule has 9 heteroatoms. The largest absolute Gasteiger partial charge is 0.472 e. The van der Waals surface area contributed by atoms with Crippen LogP contribution in [0.25, 0.3) is 0 Å². The molecule has 0 aromatic rings. The summed E-state index contributed by atoms with van der Waals surface area (Å²) in [6, 6.07) is -0.760. The number of aliphatic hydroxyl groups is 1. The molecule has 546 valence electrons. The van der Waals surface area contributed by atoms with Crippen molar-refractivity contribution in [2.75, 3.05) is 40.9 Å². The van der Waals surface area contributed by atoms with Crippen LogP contribution in [0.1, 0.15) is 438 Å². The van der Waals surface area contributed by atoms with Gasteiger partial charge < -0.3 is 19.8 Å². The Morgan fingerprint density at radius 2 is 0.620 bits per heavy atom. The number of carbonyl (C=O) groups is 1. The van der Waals surface area contributed by atoms with Gasteiger partial charge in [0.25, 0.3) is 0 Å². The van der Waals surface area contributed by atoms with Gasteiger partial charge in [-0.2, -0.15) is 0 Å². The first-order chi connectivity index (χ1) is 45.0. The molecule has 0 heterocycles. The van der Waals surface area contributed by atoms with Crippen LogP contribution in [0.15, 0.2) is 36.5 Å². The number of hydrogen-bond acceptors (Lipinski definition) is 5. The minimum Gasteiger partial charge on any atom is -0.391 e. The Hall–Kier alpha value is -1.28. The summed E-state index contributed by atoms with van der Waals surface area (Å²) in [7, 11) is 1.64. The maximum absolute atomic E-state index is 13.1. The molecule has 0 aliphatic carbocycles. The van der Waals surface area contributed by atoms with Crippen molar-refractivity contribution in [1.29, 1.82) is 0 Å². The van der Waals surface area contributed by atoms with Crippen LogP contribution in [0.2, 0.25) is 0 Å². The summed E-state index contributed by atoms with van der Waals surface area (Å²) in [5, 5.41) is 14.2. The summed E-state index contributed by atoms with van der Waals surface area (Å²) in [5.41, 5.74) is 0. The molecule has 0 fully saturated rings. The van der Waals surface area contributed by atoms with Crippen molar-refractivity contribution in [1.82, 2.24) is 5.32 Å². The fourth-order valence-electron chi connectivity index (χ4n) is 13.0. The Morgan fingerprint density at radius 1 is 0.370 bits per heavy atom. The van der Waals surface area contributed by atoms with E-state index in [0.717, 1.165) is 51.4 Å². The molecule has 0 saturated carbocycles. The average molecular weight is 1320 g/mol. The molecule has 3 unspecified atom stereocenters. The topological polar surface area (TPSA) is 105 Å². The number of amides is 1. The van der Waals surface area contributed by atoms with Crippen LogP contribution in [-0.2, 0) is 18.4 Å². The zero-order valence-corrected chi connectivity index (χ0v) is 63.7. The second-order valence-corrected chi connectivity index (χ2v) is 31.3. The second-order valence-electron chi connectivity index (χ2n) is 29.9. The number of nitrogens with zero attached hydrogens (tertiary/aromatic N) is 1. The number of phosphoric acid groups is 1. The lowest BCUT2D eigenvalue weighted by Gasteiger charge is -2.26. The van der Waals surface area contributed by atoms with Crippen LogP contribution < -0.4 is 5.32 Å². The number of nitrogens with one attached hydrogen (secondary N) is 1. The van der Waals surface area contributed by atoms with Crippen LogP contribution in [0.4, 0.5) is 0 Å². The molecule has 0 saturated heterocycles. The van der Waals surface area contributed by atoms with Crippen molar-refractivity contribution in [3.8, 4) is 0 Å². The summed E-state index contributed by atoms with van der Waals surface area (Å²) >= 11 is 0. The Balaban J connectivity index is 3.87. The highest BCUT2D eigenvalue weighted by Crippen LogP contribution is 2.43. The number of allylic oxidation sites excluding steroid dienone is 6. The van der Waals surface area contributed by atoms with Gasteiger partial charge in [-0.15, -0.1) is 0 Å². The molecule has 8 nitrogen and oxygen atoms in total. The zero-order valence-electron chi connectivity index (χ0n) is 62.8. The lowest BCUT2D eigenvalue weighted by atomic mass is 10.0. The van der Waals surface area contributed by atoms with Crippen LogP contribution in [0.5, 0.6) is 0 Å². The number of likely N-dealkylation sites (N-methyl/N-ethyl adjacent to an activating group) is 1. The Morgan fingerprint density at radius 3 is 0.902 bits per heavy atom. The number of quaternary nitrogens is 1. The molecule has 0 rings (SSSR count). The van der Waals surface area contributed by atoms with E-state index in [1.54, 1.807) is 0 Å². The van der Waals surface area contributed by atoms with Gasteiger partial charge in [0.1, 0.15) is 13.2 Å². The summed E-state index contributed by atoms with van der Waals surface area (Å²) in [6.45, 7) is 4.95. The van der Waals surface area contributed by atoms with Gasteiger partial charge >= 0.3 is 7.82 Å². The van der Waals surface area contributed by atoms with Gasteiger partial charge in [-0.1, -0.05) is 416 Å².